The van der Waals surface area contributed by atoms with E-state index in [2.05, 4.69) is 0 Å². The zero-order chi connectivity index (χ0) is 19.7. The minimum Gasteiger partial charge on any atom is -0.452 e. The van der Waals surface area contributed by atoms with Gasteiger partial charge in [-0.15, -0.1) is 11.3 Å². The normalized spacial score (nSPS) is 14.1. The maximum Gasteiger partial charge on any atom is 0.316 e. The smallest absolute Gasteiger partial charge is 0.316 e. The molecule has 0 amide bonds. The second-order valence-corrected chi connectivity index (χ2v) is 7.32. The maximum absolute atomic E-state index is 13.4. The minimum atomic E-state index is -0.395. The molecule has 0 atom stereocenters. The highest BCUT2D eigenvalue weighted by atomic mass is 32.1. The third kappa shape index (κ3) is 3.59. The third-order valence-electron chi connectivity index (χ3n) is 4.31. The van der Waals surface area contributed by atoms with Crippen molar-refractivity contribution in [1.29, 1.82) is 0 Å². The van der Waals surface area contributed by atoms with Gasteiger partial charge in [-0.25, -0.2) is 4.39 Å². The predicted molar refractivity (Wildman–Crippen MR) is 104 cm³/mol. The van der Waals surface area contributed by atoms with E-state index in [1.165, 1.54) is 29.5 Å². The lowest BCUT2D eigenvalue weighted by molar-refractivity contribution is -0.133. The Balaban J connectivity index is 1.57. The maximum atomic E-state index is 13.4. The fourth-order valence-corrected chi connectivity index (χ4v) is 3.63. The highest BCUT2D eigenvalue weighted by Gasteiger charge is 2.30. The summed E-state index contributed by atoms with van der Waals surface area (Å²) in [6, 6.07) is 12.8. The highest BCUT2D eigenvalue weighted by molar-refractivity contribution is 7.10. The molecule has 0 saturated carbocycles. The van der Waals surface area contributed by atoms with Crippen molar-refractivity contribution in [2.24, 2.45) is 0 Å². The van der Waals surface area contributed by atoms with Gasteiger partial charge in [0.05, 0.1) is 12.0 Å². The first-order valence-corrected chi connectivity index (χ1v) is 9.46. The molecule has 0 bridgehead atoms. The van der Waals surface area contributed by atoms with E-state index in [0.29, 0.717) is 28.2 Å². The van der Waals surface area contributed by atoms with Crippen LogP contribution in [-0.2, 0) is 11.2 Å². The van der Waals surface area contributed by atoms with E-state index in [1.54, 1.807) is 31.2 Å². The Morgan fingerprint density at radius 1 is 1.21 bits per heavy atom. The Morgan fingerprint density at radius 3 is 2.82 bits per heavy atom. The number of esters is 1. The third-order valence-corrected chi connectivity index (χ3v) is 5.18. The van der Waals surface area contributed by atoms with Crippen molar-refractivity contribution in [3.05, 3.63) is 87.1 Å². The standard InChI is InChI=1S/C22H15FO4S/c1-13-18(26-20(24)12-16-6-3-9-28-16)8-7-17-21(25)19(27-22(13)17)11-14-4-2-5-15(23)10-14/h2-11H,12H2,1H3/b19-11-. The van der Waals surface area contributed by atoms with Crippen molar-refractivity contribution in [2.45, 2.75) is 13.3 Å². The summed E-state index contributed by atoms with van der Waals surface area (Å²) in [6.45, 7) is 1.73. The van der Waals surface area contributed by atoms with Crippen LogP contribution in [0.3, 0.4) is 0 Å². The molecule has 0 saturated heterocycles. The number of hydrogen-bond acceptors (Lipinski definition) is 5. The summed E-state index contributed by atoms with van der Waals surface area (Å²) in [5.41, 5.74) is 1.47. The molecule has 0 spiro atoms. The molecule has 2 heterocycles. The Hall–Kier alpha value is -3.25. The number of Topliss-reactive ketones (excluding diaryl/α,β-unsaturated/α-hetero) is 1. The summed E-state index contributed by atoms with van der Waals surface area (Å²) < 4.78 is 24.5. The largest absolute Gasteiger partial charge is 0.452 e. The van der Waals surface area contributed by atoms with Crippen molar-refractivity contribution in [3.8, 4) is 11.5 Å². The molecule has 3 aromatic rings. The molecule has 0 N–H and O–H groups in total. The van der Waals surface area contributed by atoms with Crippen LogP contribution in [0.2, 0.25) is 0 Å². The van der Waals surface area contributed by atoms with Gasteiger partial charge in [0.2, 0.25) is 5.78 Å². The van der Waals surface area contributed by atoms with E-state index in [-0.39, 0.29) is 23.9 Å². The zero-order valence-electron chi connectivity index (χ0n) is 14.9. The minimum absolute atomic E-state index is 0.103. The second-order valence-electron chi connectivity index (χ2n) is 6.29. The van der Waals surface area contributed by atoms with E-state index in [4.69, 9.17) is 9.47 Å². The van der Waals surface area contributed by atoms with Crippen LogP contribution in [0.4, 0.5) is 4.39 Å². The quantitative estimate of drug-likeness (QED) is 0.357. The van der Waals surface area contributed by atoms with Gasteiger partial charge >= 0.3 is 5.97 Å². The monoisotopic (exact) mass is 394 g/mol. The first kappa shape index (κ1) is 18.1. The number of carbonyl (C=O) groups excluding carboxylic acids is 2. The molecule has 1 aliphatic rings. The molecule has 1 aliphatic heterocycles. The van der Waals surface area contributed by atoms with E-state index in [0.717, 1.165) is 4.88 Å². The number of fused-ring (bicyclic) bond motifs is 1. The first-order chi connectivity index (χ1) is 13.5. The van der Waals surface area contributed by atoms with Gasteiger partial charge in [-0.3, -0.25) is 9.59 Å². The zero-order valence-corrected chi connectivity index (χ0v) is 15.7. The molecule has 0 aliphatic carbocycles. The highest BCUT2D eigenvalue weighted by Crippen LogP contribution is 2.39. The summed E-state index contributed by atoms with van der Waals surface area (Å²) >= 11 is 1.48. The summed E-state index contributed by atoms with van der Waals surface area (Å²) in [4.78, 5) is 25.7. The second kappa shape index (κ2) is 7.40. The van der Waals surface area contributed by atoms with Gasteiger partial charge in [0.1, 0.15) is 17.3 Å². The van der Waals surface area contributed by atoms with Gasteiger partial charge in [0.25, 0.3) is 0 Å². The molecule has 4 rings (SSSR count). The van der Waals surface area contributed by atoms with Gasteiger partial charge in [-0.1, -0.05) is 18.2 Å². The summed E-state index contributed by atoms with van der Waals surface area (Å²) in [5, 5.41) is 1.90. The molecule has 6 heteroatoms. The average Bonchev–Trinajstić information content (AvgIpc) is 3.27. The SMILES string of the molecule is Cc1c(OC(=O)Cc2cccs2)ccc2c1O/C(=C\c1cccc(F)c1)C2=O. The van der Waals surface area contributed by atoms with Crippen molar-refractivity contribution in [3.63, 3.8) is 0 Å². The number of ketones is 1. The lowest BCUT2D eigenvalue weighted by Gasteiger charge is -2.09. The van der Waals surface area contributed by atoms with Gasteiger partial charge < -0.3 is 9.47 Å². The Kier molecular flexibility index (Phi) is 4.79. The van der Waals surface area contributed by atoms with Crippen molar-refractivity contribution in [1.82, 2.24) is 0 Å². The van der Waals surface area contributed by atoms with Crippen LogP contribution in [0.5, 0.6) is 11.5 Å². The van der Waals surface area contributed by atoms with E-state index in [9.17, 15) is 14.0 Å². The first-order valence-electron chi connectivity index (χ1n) is 8.58. The topological polar surface area (TPSA) is 52.6 Å². The van der Waals surface area contributed by atoms with E-state index in [1.807, 2.05) is 17.5 Å². The number of allylic oxidation sites excluding steroid dienone is 1. The van der Waals surface area contributed by atoms with Crippen LogP contribution in [-0.4, -0.2) is 11.8 Å². The molecule has 28 heavy (non-hydrogen) atoms. The molecular formula is C22H15FO4S. The molecule has 2 aromatic carbocycles. The summed E-state index contributed by atoms with van der Waals surface area (Å²) in [5.74, 6) is -0.266. The van der Waals surface area contributed by atoms with Gasteiger partial charge in [-0.2, -0.15) is 0 Å². The van der Waals surface area contributed by atoms with E-state index >= 15 is 0 Å². The van der Waals surface area contributed by atoms with Crippen LogP contribution in [0.15, 0.2) is 59.7 Å². The Bertz CT molecular complexity index is 1100. The number of rotatable bonds is 4. The van der Waals surface area contributed by atoms with Gasteiger partial charge in [0, 0.05) is 10.4 Å². The number of ether oxygens (including phenoxy) is 2. The fraction of sp³-hybridized carbons (Fsp3) is 0.0909. The predicted octanol–water partition coefficient (Wildman–Crippen LogP) is 4.96. The molecule has 1 aromatic heterocycles. The number of hydrogen-bond donors (Lipinski definition) is 0. The van der Waals surface area contributed by atoms with Crippen LogP contribution in [0, 0.1) is 12.7 Å². The Morgan fingerprint density at radius 2 is 2.07 bits per heavy atom. The lowest BCUT2D eigenvalue weighted by Crippen LogP contribution is -2.11. The van der Waals surface area contributed by atoms with Gasteiger partial charge in [-0.05, 0) is 54.3 Å². The number of halogens is 1. The number of benzene rings is 2. The summed E-state index contributed by atoms with van der Waals surface area (Å²) in [6.07, 6.45) is 1.67. The van der Waals surface area contributed by atoms with E-state index < -0.39 is 5.82 Å². The van der Waals surface area contributed by atoms with Gasteiger partial charge in [0.15, 0.2) is 5.76 Å². The van der Waals surface area contributed by atoms with Crippen LogP contribution in [0.25, 0.3) is 6.08 Å². The average molecular weight is 394 g/mol. The van der Waals surface area contributed by atoms with Crippen LogP contribution >= 0.6 is 11.3 Å². The van der Waals surface area contributed by atoms with Crippen molar-refractivity contribution >= 4 is 29.2 Å². The van der Waals surface area contributed by atoms with Crippen LogP contribution < -0.4 is 9.47 Å². The molecule has 0 unspecified atom stereocenters. The molecule has 0 fully saturated rings. The molecular weight excluding hydrogens is 379 g/mol. The number of carbonyl (C=O) groups is 2. The molecule has 0 radical (unpaired) electrons. The summed E-state index contributed by atoms with van der Waals surface area (Å²) in [7, 11) is 0. The Labute approximate surface area is 164 Å². The fourth-order valence-electron chi connectivity index (χ4n) is 2.94. The van der Waals surface area contributed by atoms with Crippen LogP contribution in [0.1, 0.15) is 26.4 Å². The lowest BCUT2D eigenvalue weighted by atomic mass is 10.1. The number of thiophene rings is 1. The van der Waals surface area contributed by atoms with Crippen molar-refractivity contribution < 1.29 is 23.5 Å². The van der Waals surface area contributed by atoms with Crippen molar-refractivity contribution in [2.75, 3.05) is 0 Å². The molecule has 4 nitrogen and oxygen atoms in total. The molecule has 140 valence electrons.